The summed E-state index contributed by atoms with van der Waals surface area (Å²) in [4.78, 5) is 18.9. The maximum absolute atomic E-state index is 10.7. The maximum atomic E-state index is 10.7. The minimum atomic E-state index is -1.03. The molecule has 0 spiro atoms. The van der Waals surface area contributed by atoms with E-state index >= 15 is 0 Å². The molecule has 0 fully saturated rings. The van der Waals surface area contributed by atoms with Gasteiger partial charge in [-0.05, 0) is 17.7 Å². The molecule has 3 aromatic heterocycles. The van der Waals surface area contributed by atoms with Gasteiger partial charge in [0.05, 0.1) is 6.20 Å². The van der Waals surface area contributed by atoms with Crippen LogP contribution in [-0.2, 0) is 6.54 Å². The zero-order valence-electron chi connectivity index (χ0n) is 10.4. The van der Waals surface area contributed by atoms with E-state index in [4.69, 9.17) is 5.11 Å². The fraction of sp³-hybridized carbons (Fsp3) is 0.0769. The van der Waals surface area contributed by atoms with Gasteiger partial charge in [-0.3, -0.25) is 0 Å². The summed E-state index contributed by atoms with van der Waals surface area (Å²) >= 11 is 0. The lowest BCUT2D eigenvalue weighted by Gasteiger charge is -2.05. The van der Waals surface area contributed by atoms with Crippen LogP contribution >= 0.6 is 0 Å². The van der Waals surface area contributed by atoms with E-state index in [1.807, 2.05) is 18.3 Å². The van der Waals surface area contributed by atoms with E-state index in [0.29, 0.717) is 6.54 Å². The number of nitrogens with one attached hydrogen (secondary N) is 1. The first-order chi connectivity index (χ1) is 9.72. The Kier molecular flexibility index (Phi) is 3.00. The molecule has 3 aromatic rings. The van der Waals surface area contributed by atoms with Crippen LogP contribution in [0.3, 0.4) is 0 Å². The van der Waals surface area contributed by atoms with Crippen molar-refractivity contribution in [1.82, 2.24) is 19.6 Å². The molecule has 7 heteroatoms. The number of carboxylic acids is 1. The summed E-state index contributed by atoms with van der Waals surface area (Å²) in [6.07, 6.45) is 5.03. The molecule has 3 rings (SSSR count). The van der Waals surface area contributed by atoms with Crippen LogP contribution < -0.4 is 5.32 Å². The SMILES string of the molecule is O=C(O)c1ccc(CNc2ccn3nccc3n2)cn1. The molecular weight excluding hydrogens is 258 g/mol. The van der Waals surface area contributed by atoms with Gasteiger partial charge in [-0.25, -0.2) is 19.3 Å². The molecule has 0 radical (unpaired) electrons. The van der Waals surface area contributed by atoms with Gasteiger partial charge in [0.2, 0.25) is 0 Å². The first-order valence-electron chi connectivity index (χ1n) is 5.95. The van der Waals surface area contributed by atoms with Gasteiger partial charge in [0.15, 0.2) is 5.65 Å². The summed E-state index contributed by atoms with van der Waals surface area (Å²) < 4.78 is 1.67. The van der Waals surface area contributed by atoms with Crippen LogP contribution in [0.4, 0.5) is 5.82 Å². The lowest BCUT2D eigenvalue weighted by Crippen LogP contribution is -2.05. The largest absolute Gasteiger partial charge is 0.477 e. The molecule has 0 bridgehead atoms. The summed E-state index contributed by atoms with van der Waals surface area (Å²) in [5.41, 5.74) is 1.67. The van der Waals surface area contributed by atoms with Crippen LogP contribution in [0.5, 0.6) is 0 Å². The maximum Gasteiger partial charge on any atom is 0.354 e. The Balaban J connectivity index is 1.70. The van der Waals surface area contributed by atoms with Crippen molar-refractivity contribution in [1.29, 1.82) is 0 Å². The van der Waals surface area contributed by atoms with Gasteiger partial charge >= 0.3 is 5.97 Å². The van der Waals surface area contributed by atoms with Crippen molar-refractivity contribution in [2.45, 2.75) is 6.54 Å². The Labute approximate surface area is 113 Å². The average molecular weight is 269 g/mol. The lowest BCUT2D eigenvalue weighted by molar-refractivity contribution is 0.0690. The summed E-state index contributed by atoms with van der Waals surface area (Å²) in [5, 5.41) is 16.0. The number of nitrogens with zero attached hydrogens (tertiary/aromatic N) is 4. The van der Waals surface area contributed by atoms with Crippen molar-refractivity contribution >= 4 is 17.4 Å². The number of pyridine rings is 1. The van der Waals surface area contributed by atoms with Gasteiger partial charge in [0, 0.05) is 25.0 Å². The van der Waals surface area contributed by atoms with Gasteiger partial charge in [-0.1, -0.05) is 6.07 Å². The Morgan fingerprint density at radius 1 is 1.30 bits per heavy atom. The zero-order chi connectivity index (χ0) is 13.9. The third-order valence-corrected chi connectivity index (χ3v) is 2.78. The number of fused-ring (bicyclic) bond motifs is 1. The molecule has 0 aromatic carbocycles. The predicted octanol–water partition coefficient (Wildman–Crippen LogP) is 1.43. The summed E-state index contributed by atoms with van der Waals surface area (Å²) in [6.45, 7) is 0.518. The number of anilines is 1. The smallest absolute Gasteiger partial charge is 0.354 e. The predicted molar refractivity (Wildman–Crippen MR) is 71.5 cm³/mol. The van der Waals surface area contributed by atoms with Gasteiger partial charge < -0.3 is 10.4 Å². The van der Waals surface area contributed by atoms with Crippen LogP contribution in [0, 0.1) is 0 Å². The molecular formula is C13H11N5O2. The van der Waals surface area contributed by atoms with Gasteiger partial charge in [-0.2, -0.15) is 5.10 Å². The fourth-order valence-corrected chi connectivity index (χ4v) is 1.76. The third-order valence-electron chi connectivity index (χ3n) is 2.78. The normalized spacial score (nSPS) is 10.6. The Morgan fingerprint density at radius 3 is 2.95 bits per heavy atom. The minimum absolute atomic E-state index is 0.0348. The highest BCUT2D eigenvalue weighted by Gasteiger charge is 2.04. The van der Waals surface area contributed by atoms with E-state index in [0.717, 1.165) is 17.0 Å². The Hall–Kier alpha value is -2.96. The molecule has 0 unspecified atom stereocenters. The number of aromatic nitrogens is 4. The van der Waals surface area contributed by atoms with Crippen molar-refractivity contribution in [2.24, 2.45) is 0 Å². The zero-order valence-corrected chi connectivity index (χ0v) is 10.4. The number of hydrogen-bond acceptors (Lipinski definition) is 5. The highest BCUT2D eigenvalue weighted by Crippen LogP contribution is 2.08. The van der Waals surface area contributed by atoms with Crippen molar-refractivity contribution in [3.63, 3.8) is 0 Å². The molecule has 0 amide bonds. The van der Waals surface area contributed by atoms with Crippen LogP contribution in [-0.4, -0.2) is 30.7 Å². The molecule has 0 atom stereocenters. The van der Waals surface area contributed by atoms with E-state index in [2.05, 4.69) is 20.4 Å². The van der Waals surface area contributed by atoms with E-state index in [-0.39, 0.29) is 5.69 Å². The number of carboxylic acid groups (broad SMARTS) is 1. The average Bonchev–Trinajstić information content (AvgIpc) is 2.93. The summed E-state index contributed by atoms with van der Waals surface area (Å²) in [5.74, 6) is -0.308. The van der Waals surface area contributed by atoms with Crippen molar-refractivity contribution < 1.29 is 9.90 Å². The van der Waals surface area contributed by atoms with Crippen LogP contribution in [0.1, 0.15) is 16.1 Å². The van der Waals surface area contributed by atoms with E-state index in [1.165, 1.54) is 12.3 Å². The molecule has 0 saturated carbocycles. The third kappa shape index (κ3) is 2.41. The quantitative estimate of drug-likeness (QED) is 0.744. The van der Waals surface area contributed by atoms with Crippen molar-refractivity contribution in [3.8, 4) is 0 Å². The highest BCUT2D eigenvalue weighted by atomic mass is 16.4. The van der Waals surface area contributed by atoms with Crippen LogP contribution in [0.25, 0.3) is 5.65 Å². The van der Waals surface area contributed by atoms with Gasteiger partial charge in [0.1, 0.15) is 11.5 Å². The first-order valence-corrected chi connectivity index (χ1v) is 5.95. The topological polar surface area (TPSA) is 92.4 Å². The molecule has 0 aliphatic rings. The van der Waals surface area contributed by atoms with Gasteiger partial charge in [-0.15, -0.1) is 0 Å². The molecule has 100 valence electrons. The summed E-state index contributed by atoms with van der Waals surface area (Å²) in [6, 6.07) is 6.83. The van der Waals surface area contributed by atoms with Crippen molar-refractivity contribution in [3.05, 3.63) is 54.1 Å². The highest BCUT2D eigenvalue weighted by molar-refractivity contribution is 5.85. The minimum Gasteiger partial charge on any atom is -0.477 e. The summed E-state index contributed by atoms with van der Waals surface area (Å²) in [7, 11) is 0. The Bertz CT molecular complexity index is 751. The molecule has 0 aliphatic heterocycles. The van der Waals surface area contributed by atoms with E-state index in [9.17, 15) is 4.79 Å². The Morgan fingerprint density at radius 2 is 2.20 bits per heavy atom. The number of aromatic carboxylic acids is 1. The van der Waals surface area contributed by atoms with Crippen molar-refractivity contribution in [2.75, 3.05) is 5.32 Å². The monoisotopic (exact) mass is 269 g/mol. The van der Waals surface area contributed by atoms with Crippen LogP contribution in [0.2, 0.25) is 0 Å². The molecule has 20 heavy (non-hydrogen) atoms. The van der Waals surface area contributed by atoms with E-state index in [1.54, 1.807) is 16.8 Å². The number of hydrogen-bond donors (Lipinski definition) is 2. The second-order valence-electron chi connectivity index (χ2n) is 4.16. The second kappa shape index (κ2) is 4.96. The standard InChI is InChI=1S/C13H11N5O2/c19-13(20)10-2-1-9(7-14-10)8-15-11-4-6-18-12(17-11)3-5-16-18/h1-7H,8H2,(H,15,17)(H,19,20). The molecule has 7 nitrogen and oxygen atoms in total. The second-order valence-corrected chi connectivity index (χ2v) is 4.16. The molecule has 0 saturated heterocycles. The van der Waals surface area contributed by atoms with Gasteiger partial charge in [0.25, 0.3) is 0 Å². The van der Waals surface area contributed by atoms with Crippen LogP contribution in [0.15, 0.2) is 42.9 Å². The van der Waals surface area contributed by atoms with E-state index < -0.39 is 5.97 Å². The number of rotatable bonds is 4. The first kappa shape index (κ1) is 12.1. The molecule has 0 aliphatic carbocycles. The molecule has 3 heterocycles. The fourth-order valence-electron chi connectivity index (χ4n) is 1.76. The number of carbonyl (C=O) groups is 1. The lowest BCUT2D eigenvalue weighted by atomic mass is 10.2. The molecule has 2 N–H and O–H groups in total.